The molecule has 3 rings (SSSR count). The fraction of sp³-hybridized carbons (Fsp3) is 0.118. The molecule has 0 bridgehead atoms. The van der Waals surface area contributed by atoms with E-state index in [1.165, 1.54) is 41.3 Å². The number of amides is 1. The second-order valence-electron chi connectivity index (χ2n) is 5.11. The van der Waals surface area contributed by atoms with Crippen molar-refractivity contribution in [3.05, 3.63) is 59.4 Å². The van der Waals surface area contributed by atoms with Gasteiger partial charge in [-0.25, -0.2) is 9.18 Å². The third-order valence-corrected chi connectivity index (χ3v) is 4.39. The Morgan fingerprint density at radius 1 is 1.28 bits per heavy atom. The molecule has 0 saturated heterocycles. The van der Waals surface area contributed by atoms with Crippen LogP contribution in [0.1, 0.15) is 9.67 Å². The van der Waals surface area contributed by atoms with Crippen LogP contribution in [0.15, 0.2) is 48.7 Å². The van der Waals surface area contributed by atoms with E-state index in [9.17, 15) is 14.0 Å². The number of nitrogens with zero attached hydrogens (tertiary/aromatic N) is 2. The summed E-state index contributed by atoms with van der Waals surface area (Å²) in [6, 6.07) is 10.9. The van der Waals surface area contributed by atoms with Crippen molar-refractivity contribution in [2.45, 2.75) is 6.54 Å². The molecule has 3 aromatic rings. The predicted octanol–water partition coefficient (Wildman–Crippen LogP) is 3.18. The summed E-state index contributed by atoms with van der Waals surface area (Å²) >= 11 is 1.26. The Kier molecular flexibility index (Phi) is 4.90. The SMILES string of the molecule is COC(=O)c1ccc(-c2ccn(CC(=O)Nc3cccc(F)c3)n2)s1. The summed E-state index contributed by atoms with van der Waals surface area (Å²) in [5.41, 5.74) is 1.04. The van der Waals surface area contributed by atoms with Crippen molar-refractivity contribution < 1.29 is 18.7 Å². The molecule has 8 heteroatoms. The van der Waals surface area contributed by atoms with E-state index in [1.54, 1.807) is 30.5 Å². The number of rotatable bonds is 5. The fourth-order valence-electron chi connectivity index (χ4n) is 2.18. The first-order valence-corrected chi connectivity index (χ1v) is 8.14. The van der Waals surface area contributed by atoms with Crippen LogP contribution >= 0.6 is 11.3 Å². The lowest BCUT2D eigenvalue weighted by molar-refractivity contribution is -0.116. The number of benzene rings is 1. The van der Waals surface area contributed by atoms with Crippen LogP contribution in [0.2, 0.25) is 0 Å². The van der Waals surface area contributed by atoms with Crippen LogP contribution in [-0.4, -0.2) is 28.8 Å². The van der Waals surface area contributed by atoms with E-state index < -0.39 is 11.8 Å². The number of carbonyl (C=O) groups excluding carboxylic acids is 2. The van der Waals surface area contributed by atoms with Gasteiger partial charge >= 0.3 is 5.97 Å². The van der Waals surface area contributed by atoms with Gasteiger partial charge < -0.3 is 10.1 Å². The summed E-state index contributed by atoms with van der Waals surface area (Å²) in [5, 5.41) is 6.93. The van der Waals surface area contributed by atoms with Crippen LogP contribution in [0.25, 0.3) is 10.6 Å². The molecule has 1 N–H and O–H groups in total. The van der Waals surface area contributed by atoms with Crippen molar-refractivity contribution in [3.8, 4) is 10.6 Å². The zero-order chi connectivity index (χ0) is 17.8. The molecular weight excluding hydrogens is 345 g/mol. The standard InChI is InChI=1S/C17H14FN3O3S/c1-24-17(23)15-6-5-14(25-15)13-7-8-21(20-13)10-16(22)19-12-4-2-3-11(18)9-12/h2-9H,10H2,1H3,(H,19,22). The monoisotopic (exact) mass is 359 g/mol. The van der Waals surface area contributed by atoms with Crippen LogP contribution in [0.4, 0.5) is 10.1 Å². The zero-order valence-corrected chi connectivity index (χ0v) is 14.0. The van der Waals surface area contributed by atoms with E-state index in [2.05, 4.69) is 15.2 Å². The Balaban J connectivity index is 1.66. The summed E-state index contributed by atoms with van der Waals surface area (Å²) < 4.78 is 19.3. The normalized spacial score (nSPS) is 10.5. The van der Waals surface area contributed by atoms with Gasteiger partial charge in [-0.05, 0) is 36.4 Å². The summed E-state index contributed by atoms with van der Waals surface area (Å²) in [7, 11) is 1.33. The van der Waals surface area contributed by atoms with Crippen molar-refractivity contribution >= 4 is 28.9 Å². The Labute approximate surface area is 146 Å². The maximum absolute atomic E-state index is 13.1. The van der Waals surface area contributed by atoms with E-state index in [0.29, 0.717) is 16.3 Å². The van der Waals surface area contributed by atoms with Crippen LogP contribution in [-0.2, 0) is 16.1 Å². The summed E-state index contributed by atoms with van der Waals surface area (Å²) in [6.07, 6.45) is 1.66. The molecule has 25 heavy (non-hydrogen) atoms. The van der Waals surface area contributed by atoms with E-state index in [4.69, 9.17) is 0 Å². The highest BCUT2D eigenvalue weighted by Crippen LogP contribution is 2.27. The topological polar surface area (TPSA) is 73.2 Å². The Hall–Kier alpha value is -3.00. The molecule has 1 amide bonds. The zero-order valence-electron chi connectivity index (χ0n) is 13.2. The molecule has 0 aliphatic heterocycles. The van der Waals surface area contributed by atoms with E-state index in [-0.39, 0.29) is 12.5 Å². The third kappa shape index (κ3) is 4.10. The first-order valence-electron chi connectivity index (χ1n) is 7.32. The minimum atomic E-state index is -0.418. The first kappa shape index (κ1) is 16.8. The average molecular weight is 359 g/mol. The molecule has 0 saturated carbocycles. The molecular formula is C17H14FN3O3S. The van der Waals surface area contributed by atoms with E-state index in [0.717, 1.165) is 4.88 Å². The minimum Gasteiger partial charge on any atom is -0.465 e. The number of aromatic nitrogens is 2. The molecule has 128 valence electrons. The second kappa shape index (κ2) is 7.27. The highest BCUT2D eigenvalue weighted by molar-refractivity contribution is 7.17. The molecule has 1 aromatic carbocycles. The summed E-state index contributed by atoms with van der Waals surface area (Å²) in [5.74, 6) is -1.13. The smallest absolute Gasteiger partial charge is 0.348 e. The van der Waals surface area contributed by atoms with Gasteiger partial charge in [-0.15, -0.1) is 11.3 Å². The van der Waals surface area contributed by atoms with Gasteiger partial charge in [0.2, 0.25) is 5.91 Å². The number of methoxy groups -OCH3 is 1. The van der Waals surface area contributed by atoms with Crippen LogP contribution < -0.4 is 5.32 Å². The lowest BCUT2D eigenvalue weighted by Crippen LogP contribution is -2.19. The van der Waals surface area contributed by atoms with E-state index in [1.807, 2.05) is 0 Å². The summed E-state index contributed by atoms with van der Waals surface area (Å²) in [6.45, 7) is -0.00819. The van der Waals surface area contributed by atoms with Gasteiger partial charge in [-0.2, -0.15) is 5.10 Å². The lowest BCUT2D eigenvalue weighted by atomic mass is 10.3. The Bertz CT molecular complexity index is 919. The largest absolute Gasteiger partial charge is 0.465 e. The van der Waals surface area contributed by atoms with Gasteiger partial charge in [0.15, 0.2) is 0 Å². The maximum Gasteiger partial charge on any atom is 0.348 e. The van der Waals surface area contributed by atoms with Gasteiger partial charge in [-0.3, -0.25) is 9.48 Å². The number of carbonyl (C=O) groups is 2. The molecule has 0 unspecified atom stereocenters. The number of hydrogen-bond donors (Lipinski definition) is 1. The Morgan fingerprint density at radius 3 is 2.88 bits per heavy atom. The Morgan fingerprint density at radius 2 is 2.12 bits per heavy atom. The number of halogens is 1. The second-order valence-corrected chi connectivity index (χ2v) is 6.20. The van der Waals surface area contributed by atoms with Crippen LogP contribution in [0.3, 0.4) is 0 Å². The molecule has 2 aromatic heterocycles. The van der Waals surface area contributed by atoms with Crippen LogP contribution in [0.5, 0.6) is 0 Å². The van der Waals surface area contributed by atoms with Gasteiger partial charge in [0.25, 0.3) is 0 Å². The highest BCUT2D eigenvalue weighted by atomic mass is 32.1. The van der Waals surface area contributed by atoms with Gasteiger partial charge in [0.1, 0.15) is 22.9 Å². The molecule has 0 radical (unpaired) electrons. The molecule has 0 fully saturated rings. The maximum atomic E-state index is 13.1. The fourth-order valence-corrected chi connectivity index (χ4v) is 3.07. The van der Waals surface area contributed by atoms with E-state index >= 15 is 0 Å². The number of esters is 1. The lowest BCUT2D eigenvalue weighted by Gasteiger charge is -2.05. The molecule has 0 spiro atoms. The average Bonchev–Trinajstić information content (AvgIpc) is 3.23. The molecule has 0 aliphatic carbocycles. The quantitative estimate of drug-likeness (QED) is 0.710. The van der Waals surface area contributed by atoms with Crippen molar-refractivity contribution in [2.24, 2.45) is 0 Å². The third-order valence-electron chi connectivity index (χ3n) is 3.30. The molecule has 0 aliphatic rings. The van der Waals surface area contributed by atoms with Gasteiger partial charge in [0.05, 0.1) is 12.0 Å². The number of hydrogen-bond acceptors (Lipinski definition) is 5. The van der Waals surface area contributed by atoms with Crippen molar-refractivity contribution in [1.29, 1.82) is 0 Å². The molecule has 0 atom stereocenters. The number of nitrogens with one attached hydrogen (secondary N) is 1. The van der Waals surface area contributed by atoms with Gasteiger partial charge in [0, 0.05) is 11.9 Å². The number of thiophene rings is 1. The first-order chi connectivity index (χ1) is 12.0. The van der Waals surface area contributed by atoms with Gasteiger partial charge in [-0.1, -0.05) is 6.07 Å². The highest BCUT2D eigenvalue weighted by Gasteiger charge is 2.12. The van der Waals surface area contributed by atoms with Crippen molar-refractivity contribution in [2.75, 3.05) is 12.4 Å². The number of anilines is 1. The predicted molar refractivity (Wildman–Crippen MR) is 91.9 cm³/mol. The molecule has 6 nitrogen and oxygen atoms in total. The molecule has 2 heterocycles. The van der Waals surface area contributed by atoms with Crippen LogP contribution in [0, 0.1) is 5.82 Å². The minimum absolute atomic E-state index is 0.00819. The van der Waals surface area contributed by atoms with Crippen molar-refractivity contribution in [1.82, 2.24) is 9.78 Å². The summed E-state index contributed by atoms with van der Waals surface area (Å²) in [4.78, 5) is 24.8. The number of ether oxygens (including phenoxy) is 1. The van der Waals surface area contributed by atoms with Crippen molar-refractivity contribution in [3.63, 3.8) is 0 Å².